The van der Waals surface area contributed by atoms with Crippen LogP contribution < -0.4 is 0 Å². The molecule has 0 saturated heterocycles. The van der Waals surface area contributed by atoms with Gasteiger partial charge in [0.05, 0.1) is 12.7 Å². The van der Waals surface area contributed by atoms with E-state index >= 15 is 0 Å². The van der Waals surface area contributed by atoms with E-state index in [0.29, 0.717) is 0 Å². The first-order valence-electron chi connectivity index (χ1n) is 3.16. The van der Waals surface area contributed by atoms with Crippen molar-refractivity contribution in [3.05, 3.63) is 11.4 Å². The number of hydrogen-bond acceptors (Lipinski definition) is 1. The highest BCUT2D eigenvalue weighted by Gasteiger charge is 2.14. The van der Waals surface area contributed by atoms with E-state index in [0.717, 1.165) is 12.0 Å². The minimum Gasteiger partial charge on any atom is -0.371 e. The molecule has 0 bridgehead atoms. The van der Waals surface area contributed by atoms with Crippen LogP contribution in [0.1, 0.15) is 20.3 Å². The topological polar surface area (TPSA) is 9.23 Å². The number of hydrogen-bond donors (Lipinski definition) is 0. The highest BCUT2D eigenvalue weighted by Crippen LogP contribution is 2.19. The molecule has 0 unspecified atom stereocenters. The second kappa shape index (κ2) is 2.48. The highest BCUT2D eigenvalue weighted by molar-refractivity contribution is 5.08. The number of halogens is 1. The van der Waals surface area contributed by atoms with Crippen molar-refractivity contribution in [1.82, 2.24) is 0 Å². The third kappa shape index (κ3) is 1.52. The highest BCUT2D eigenvalue weighted by atomic mass is 19.1. The van der Waals surface area contributed by atoms with E-state index < -0.39 is 0 Å². The molecule has 0 aromatic heterocycles. The zero-order valence-electron chi connectivity index (χ0n) is 5.78. The van der Waals surface area contributed by atoms with Gasteiger partial charge in [-0.25, -0.2) is 4.39 Å². The molecule has 1 aliphatic heterocycles. The van der Waals surface area contributed by atoms with E-state index in [4.69, 9.17) is 4.74 Å². The number of rotatable bonds is 0. The maximum atomic E-state index is 12.5. The van der Waals surface area contributed by atoms with Gasteiger partial charge in [-0.2, -0.15) is 0 Å². The zero-order chi connectivity index (χ0) is 6.85. The fourth-order valence-corrected chi connectivity index (χ4v) is 0.939. The van der Waals surface area contributed by atoms with E-state index in [1.54, 1.807) is 0 Å². The smallest absolute Gasteiger partial charge is 0.125 e. The van der Waals surface area contributed by atoms with Gasteiger partial charge in [-0.05, 0) is 25.8 Å². The van der Waals surface area contributed by atoms with Gasteiger partial charge >= 0.3 is 0 Å². The molecular formula is C7H11FO. The van der Waals surface area contributed by atoms with Gasteiger partial charge in [0.15, 0.2) is 0 Å². The zero-order valence-corrected chi connectivity index (χ0v) is 5.78. The fourth-order valence-electron chi connectivity index (χ4n) is 0.939. The van der Waals surface area contributed by atoms with Crippen molar-refractivity contribution in [2.45, 2.75) is 26.4 Å². The van der Waals surface area contributed by atoms with Gasteiger partial charge in [-0.3, -0.25) is 0 Å². The Balaban J connectivity index is 2.61. The fraction of sp³-hybridized carbons (Fsp3) is 0.714. The van der Waals surface area contributed by atoms with E-state index in [1.165, 1.54) is 0 Å². The van der Waals surface area contributed by atoms with Gasteiger partial charge in [0.25, 0.3) is 0 Å². The summed E-state index contributed by atoms with van der Waals surface area (Å²) in [4.78, 5) is 0. The Morgan fingerprint density at radius 3 is 2.78 bits per heavy atom. The van der Waals surface area contributed by atoms with Crippen LogP contribution in [-0.2, 0) is 4.74 Å². The third-order valence-corrected chi connectivity index (χ3v) is 1.55. The summed E-state index contributed by atoms with van der Waals surface area (Å²) in [5, 5.41) is 0. The molecule has 52 valence electrons. The molecule has 1 nitrogen and oxygen atoms in total. The Morgan fingerprint density at radius 2 is 2.33 bits per heavy atom. The normalized spacial score (nSPS) is 29.0. The molecule has 1 heterocycles. The van der Waals surface area contributed by atoms with Crippen molar-refractivity contribution in [2.75, 3.05) is 6.61 Å². The average Bonchev–Trinajstić information content (AvgIpc) is 1.80. The van der Waals surface area contributed by atoms with Crippen molar-refractivity contribution in [3.63, 3.8) is 0 Å². The molecule has 9 heavy (non-hydrogen) atoms. The Hall–Kier alpha value is -0.370. The Labute approximate surface area is 54.5 Å². The Kier molecular flexibility index (Phi) is 1.86. The van der Waals surface area contributed by atoms with Crippen LogP contribution in [0.4, 0.5) is 4.39 Å². The van der Waals surface area contributed by atoms with Crippen molar-refractivity contribution in [2.24, 2.45) is 0 Å². The monoisotopic (exact) mass is 130 g/mol. The van der Waals surface area contributed by atoms with Crippen molar-refractivity contribution < 1.29 is 9.13 Å². The number of ether oxygens (including phenoxy) is 1. The SMILES string of the molecule is CC1=C(F)CO[C@@H](C)C1. The van der Waals surface area contributed by atoms with Crippen LogP contribution in [0.15, 0.2) is 11.4 Å². The lowest BCUT2D eigenvalue weighted by molar-refractivity contribution is 0.0595. The first kappa shape index (κ1) is 6.75. The summed E-state index contributed by atoms with van der Waals surface area (Å²) in [7, 11) is 0. The van der Waals surface area contributed by atoms with Crippen LogP contribution in [0.5, 0.6) is 0 Å². The van der Waals surface area contributed by atoms with Crippen LogP contribution in [0.2, 0.25) is 0 Å². The van der Waals surface area contributed by atoms with E-state index in [1.807, 2.05) is 13.8 Å². The molecule has 0 fully saturated rings. The summed E-state index contributed by atoms with van der Waals surface area (Å²) in [5.41, 5.74) is 0.841. The summed E-state index contributed by atoms with van der Waals surface area (Å²) in [6.07, 6.45) is 0.941. The predicted octanol–water partition coefficient (Wildman–Crippen LogP) is 2.04. The van der Waals surface area contributed by atoms with Gasteiger partial charge in [-0.1, -0.05) is 0 Å². The first-order valence-corrected chi connectivity index (χ1v) is 3.16. The van der Waals surface area contributed by atoms with Gasteiger partial charge < -0.3 is 4.74 Å². The van der Waals surface area contributed by atoms with Crippen LogP contribution in [0.3, 0.4) is 0 Å². The summed E-state index contributed by atoms with van der Waals surface area (Å²) in [6.45, 7) is 3.94. The largest absolute Gasteiger partial charge is 0.371 e. The van der Waals surface area contributed by atoms with E-state index in [2.05, 4.69) is 0 Å². The van der Waals surface area contributed by atoms with Gasteiger partial charge in [-0.15, -0.1) is 0 Å². The quantitative estimate of drug-likeness (QED) is 0.487. The molecule has 0 radical (unpaired) electrons. The van der Waals surface area contributed by atoms with Crippen LogP contribution in [0, 0.1) is 0 Å². The predicted molar refractivity (Wildman–Crippen MR) is 33.8 cm³/mol. The molecule has 2 heteroatoms. The molecule has 1 aliphatic rings. The molecular weight excluding hydrogens is 119 g/mol. The second-order valence-corrected chi connectivity index (χ2v) is 2.51. The van der Waals surface area contributed by atoms with E-state index in [-0.39, 0.29) is 18.5 Å². The average molecular weight is 130 g/mol. The molecule has 1 atom stereocenters. The minimum atomic E-state index is -0.0897. The third-order valence-electron chi connectivity index (χ3n) is 1.55. The maximum Gasteiger partial charge on any atom is 0.125 e. The molecule has 0 saturated carbocycles. The molecule has 0 aliphatic carbocycles. The molecule has 0 aromatic carbocycles. The van der Waals surface area contributed by atoms with Crippen molar-refractivity contribution in [3.8, 4) is 0 Å². The lowest BCUT2D eigenvalue weighted by Crippen LogP contribution is -2.16. The molecule has 0 spiro atoms. The minimum absolute atomic E-state index is 0.0897. The first-order chi connectivity index (χ1) is 4.20. The standard InChI is InChI=1S/C7H11FO/c1-5-3-6(2)9-4-7(5)8/h6H,3-4H2,1-2H3/t6-/m0/s1. The van der Waals surface area contributed by atoms with Crippen LogP contribution >= 0.6 is 0 Å². The lowest BCUT2D eigenvalue weighted by Gasteiger charge is -2.18. The molecule has 0 N–H and O–H groups in total. The summed E-state index contributed by atoms with van der Waals surface area (Å²) in [6, 6.07) is 0. The van der Waals surface area contributed by atoms with Gasteiger partial charge in [0.1, 0.15) is 5.83 Å². The van der Waals surface area contributed by atoms with Crippen molar-refractivity contribution >= 4 is 0 Å². The molecule has 0 aromatic rings. The summed E-state index contributed by atoms with van der Waals surface area (Å²) < 4.78 is 17.5. The van der Waals surface area contributed by atoms with Crippen molar-refractivity contribution in [1.29, 1.82) is 0 Å². The van der Waals surface area contributed by atoms with Crippen LogP contribution in [-0.4, -0.2) is 12.7 Å². The lowest BCUT2D eigenvalue weighted by atomic mass is 10.1. The second-order valence-electron chi connectivity index (χ2n) is 2.51. The maximum absolute atomic E-state index is 12.5. The van der Waals surface area contributed by atoms with Gasteiger partial charge in [0, 0.05) is 0 Å². The van der Waals surface area contributed by atoms with Gasteiger partial charge in [0.2, 0.25) is 0 Å². The Morgan fingerprint density at radius 1 is 1.67 bits per heavy atom. The van der Waals surface area contributed by atoms with Crippen LogP contribution in [0.25, 0.3) is 0 Å². The summed E-state index contributed by atoms with van der Waals surface area (Å²) in [5.74, 6) is -0.0897. The molecule has 0 amide bonds. The summed E-state index contributed by atoms with van der Waals surface area (Å²) >= 11 is 0. The molecule has 1 rings (SSSR count). The van der Waals surface area contributed by atoms with E-state index in [9.17, 15) is 4.39 Å². The Bertz CT molecular complexity index is 140.